The average molecular weight is 263 g/mol. The minimum Gasteiger partial charge on any atom is -0.481 e. The fraction of sp³-hybridized carbons (Fsp3) is 0.462. The van der Waals surface area contributed by atoms with E-state index in [1.165, 1.54) is 0 Å². The van der Waals surface area contributed by atoms with Gasteiger partial charge in [0.25, 0.3) is 0 Å². The van der Waals surface area contributed by atoms with Gasteiger partial charge in [0, 0.05) is 32.0 Å². The lowest BCUT2D eigenvalue weighted by molar-refractivity contribution is -0.146. The van der Waals surface area contributed by atoms with Crippen LogP contribution in [0, 0.1) is 5.41 Å². The molecule has 1 saturated heterocycles. The summed E-state index contributed by atoms with van der Waals surface area (Å²) in [7, 11) is 0. The summed E-state index contributed by atoms with van der Waals surface area (Å²) in [6.07, 6.45) is 3.85. The Morgan fingerprint density at radius 3 is 2.95 bits per heavy atom. The summed E-state index contributed by atoms with van der Waals surface area (Å²) in [5.41, 5.74) is 0.0853. The zero-order chi connectivity index (χ0) is 13.9. The molecule has 102 valence electrons. The topological polar surface area (TPSA) is 82.5 Å². The van der Waals surface area contributed by atoms with Crippen molar-refractivity contribution in [2.45, 2.75) is 19.9 Å². The lowest BCUT2D eigenvalue weighted by Gasteiger charge is -2.20. The molecule has 0 aliphatic carbocycles. The number of urea groups is 1. The predicted octanol–water partition coefficient (Wildman–Crippen LogP) is 1.09. The number of rotatable bonds is 3. The van der Waals surface area contributed by atoms with Gasteiger partial charge in [0.15, 0.2) is 0 Å². The van der Waals surface area contributed by atoms with Crippen LogP contribution in [0.15, 0.2) is 24.5 Å². The summed E-state index contributed by atoms with van der Waals surface area (Å²) < 4.78 is 0. The molecule has 0 aromatic carbocycles. The van der Waals surface area contributed by atoms with E-state index in [0.29, 0.717) is 19.5 Å². The Kier molecular flexibility index (Phi) is 3.69. The molecule has 0 radical (unpaired) electrons. The van der Waals surface area contributed by atoms with Crippen LogP contribution in [0.4, 0.5) is 4.79 Å². The lowest BCUT2D eigenvalue weighted by atomic mass is 9.90. The van der Waals surface area contributed by atoms with Gasteiger partial charge in [0.1, 0.15) is 0 Å². The van der Waals surface area contributed by atoms with E-state index in [-0.39, 0.29) is 12.6 Å². The first-order chi connectivity index (χ1) is 9.01. The van der Waals surface area contributed by atoms with Gasteiger partial charge in [-0.15, -0.1) is 0 Å². The van der Waals surface area contributed by atoms with Gasteiger partial charge in [-0.05, 0) is 25.0 Å². The summed E-state index contributed by atoms with van der Waals surface area (Å²) >= 11 is 0. The number of aromatic nitrogens is 1. The van der Waals surface area contributed by atoms with Gasteiger partial charge in [-0.3, -0.25) is 9.78 Å². The van der Waals surface area contributed by atoms with Crippen LogP contribution in [0.3, 0.4) is 0 Å². The molecule has 2 N–H and O–H groups in total. The van der Waals surface area contributed by atoms with Gasteiger partial charge < -0.3 is 15.3 Å². The SMILES string of the molecule is CC1(C(=O)O)CCN(C(=O)NCc2cccnc2)C1. The normalized spacial score (nSPS) is 22.3. The number of hydrogen-bond donors (Lipinski definition) is 2. The number of likely N-dealkylation sites (tertiary alicyclic amines) is 1. The van der Waals surface area contributed by atoms with E-state index < -0.39 is 11.4 Å². The smallest absolute Gasteiger partial charge is 0.317 e. The summed E-state index contributed by atoms with van der Waals surface area (Å²) in [6, 6.07) is 3.45. The molecule has 6 nitrogen and oxygen atoms in total. The third-order valence-corrected chi connectivity index (χ3v) is 3.44. The van der Waals surface area contributed by atoms with Gasteiger partial charge in [0.2, 0.25) is 0 Å². The Bertz CT molecular complexity index is 477. The second kappa shape index (κ2) is 5.26. The van der Waals surface area contributed by atoms with Gasteiger partial charge in [0.05, 0.1) is 5.41 Å². The Labute approximate surface area is 111 Å². The first-order valence-electron chi connectivity index (χ1n) is 6.16. The maximum Gasteiger partial charge on any atom is 0.317 e. The van der Waals surface area contributed by atoms with Crippen LogP contribution in [0.25, 0.3) is 0 Å². The third kappa shape index (κ3) is 3.01. The Hall–Kier alpha value is -2.11. The zero-order valence-electron chi connectivity index (χ0n) is 10.8. The summed E-state index contributed by atoms with van der Waals surface area (Å²) in [4.78, 5) is 28.5. The van der Waals surface area contributed by atoms with E-state index >= 15 is 0 Å². The molecular formula is C13H17N3O3. The van der Waals surface area contributed by atoms with Gasteiger partial charge in [-0.25, -0.2) is 4.79 Å². The number of carbonyl (C=O) groups excluding carboxylic acids is 1. The molecule has 1 aliphatic rings. The first-order valence-corrected chi connectivity index (χ1v) is 6.16. The number of hydrogen-bond acceptors (Lipinski definition) is 3. The highest BCUT2D eigenvalue weighted by molar-refractivity contribution is 5.79. The van der Waals surface area contributed by atoms with Crippen LogP contribution < -0.4 is 5.32 Å². The van der Waals surface area contributed by atoms with Crippen LogP contribution in [0.1, 0.15) is 18.9 Å². The molecule has 1 aromatic rings. The highest BCUT2D eigenvalue weighted by atomic mass is 16.4. The van der Waals surface area contributed by atoms with Crippen molar-refractivity contribution in [2.75, 3.05) is 13.1 Å². The monoisotopic (exact) mass is 263 g/mol. The fourth-order valence-electron chi connectivity index (χ4n) is 2.10. The maximum absolute atomic E-state index is 11.9. The minimum absolute atomic E-state index is 0.228. The molecule has 19 heavy (non-hydrogen) atoms. The number of carbonyl (C=O) groups is 2. The molecule has 2 amide bonds. The number of pyridine rings is 1. The molecule has 1 aliphatic heterocycles. The number of nitrogens with one attached hydrogen (secondary N) is 1. The highest BCUT2D eigenvalue weighted by Crippen LogP contribution is 2.29. The van der Waals surface area contributed by atoms with E-state index in [1.807, 2.05) is 6.07 Å². The molecule has 0 spiro atoms. The average Bonchev–Trinajstić information content (AvgIpc) is 2.81. The molecule has 1 fully saturated rings. The standard InChI is InChI=1S/C13H17N3O3/c1-13(11(17)18)4-6-16(9-13)12(19)15-8-10-3-2-5-14-7-10/h2-3,5,7H,4,6,8-9H2,1H3,(H,15,19)(H,17,18). The van der Waals surface area contributed by atoms with Crippen molar-refractivity contribution < 1.29 is 14.7 Å². The number of aliphatic carboxylic acids is 1. The maximum atomic E-state index is 11.9. The molecule has 1 aromatic heterocycles. The van der Waals surface area contributed by atoms with E-state index in [0.717, 1.165) is 5.56 Å². The van der Waals surface area contributed by atoms with Crippen LogP contribution in [0.5, 0.6) is 0 Å². The quantitative estimate of drug-likeness (QED) is 0.855. The molecule has 6 heteroatoms. The predicted molar refractivity (Wildman–Crippen MR) is 68.4 cm³/mol. The fourth-order valence-corrected chi connectivity index (χ4v) is 2.10. The van der Waals surface area contributed by atoms with Gasteiger partial charge in [-0.1, -0.05) is 6.07 Å². The van der Waals surface area contributed by atoms with Crippen molar-refractivity contribution in [1.82, 2.24) is 15.2 Å². The minimum atomic E-state index is -0.852. The Morgan fingerprint density at radius 2 is 2.37 bits per heavy atom. The lowest BCUT2D eigenvalue weighted by Crippen LogP contribution is -2.40. The Balaban J connectivity index is 1.87. The van der Waals surface area contributed by atoms with Crippen molar-refractivity contribution >= 4 is 12.0 Å². The van der Waals surface area contributed by atoms with Gasteiger partial charge in [-0.2, -0.15) is 0 Å². The summed E-state index contributed by atoms with van der Waals surface area (Å²) in [5.74, 6) is -0.852. The van der Waals surface area contributed by atoms with Crippen molar-refractivity contribution in [3.63, 3.8) is 0 Å². The summed E-state index contributed by atoms with van der Waals surface area (Å²) in [5, 5.41) is 11.9. The number of amides is 2. The largest absolute Gasteiger partial charge is 0.481 e. The van der Waals surface area contributed by atoms with E-state index in [1.54, 1.807) is 30.3 Å². The second-order valence-corrected chi connectivity index (χ2v) is 5.06. The second-order valence-electron chi connectivity index (χ2n) is 5.06. The third-order valence-electron chi connectivity index (χ3n) is 3.44. The van der Waals surface area contributed by atoms with Crippen LogP contribution >= 0.6 is 0 Å². The van der Waals surface area contributed by atoms with Crippen molar-refractivity contribution in [1.29, 1.82) is 0 Å². The van der Waals surface area contributed by atoms with E-state index in [4.69, 9.17) is 5.11 Å². The molecular weight excluding hydrogens is 246 g/mol. The zero-order valence-corrected chi connectivity index (χ0v) is 10.8. The van der Waals surface area contributed by atoms with Crippen molar-refractivity contribution in [3.8, 4) is 0 Å². The highest BCUT2D eigenvalue weighted by Gasteiger charge is 2.42. The van der Waals surface area contributed by atoms with Gasteiger partial charge >= 0.3 is 12.0 Å². The number of carboxylic acid groups (broad SMARTS) is 1. The molecule has 0 bridgehead atoms. The molecule has 2 rings (SSSR count). The Morgan fingerprint density at radius 1 is 1.58 bits per heavy atom. The van der Waals surface area contributed by atoms with E-state index in [2.05, 4.69) is 10.3 Å². The molecule has 1 atom stereocenters. The number of carboxylic acids is 1. The van der Waals surface area contributed by atoms with E-state index in [9.17, 15) is 9.59 Å². The van der Waals surface area contributed by atoms with Crippen LogP contribution in [-0.4, -0.2) is 40.1 Å². The van der Waals surface area contributed by atoms with Crippen LogP contribution in [-0.2, 0) is 11.3 Å². The molecule has 0 saturated carbocycles. The van der Waals surface area contributed by atoms with Crippen molar-refractivity contribution in [2.24, 2.45) is 5.41 Å². The summed E-state index contributed by atoms with van der Waals surface area (Å²) in [6.45, 7) is 2.79. The first kappa shape index (κ1) is 13.3. The molecule has 2 heterocycles. The molecule has 1 unspecified atom stereocenters. The van der Waals surface area contributed by atoms with Crippen LogP contribution in [0.2, 0.25) is 0 Å². The number of nitrogens with zero attached hydrogens (tertiary/aromatic N) is 2. The van der Waals surface area contributed by atoms with Crippen molar-refractivity contribution in [3.05, 3.63) is 30.1 Å².